The zero-order chi connectivity index (χ0) is 14.4. The van der Waals surface area contributed by atoms with E-state index in [4.69, 9.17) is 9.84 Å². The predicted octanol–water partition coefficient (Wildman–Crippen LogP) is 2.56. The van der Waals surface area contributed by atoms with Crippen LogP contribution in [0, 0.1) is 5.92 Å². The quantitative estimate of drug-likeness (QED) is 0.835. The standard InChI is InChI=1S/C14H20O4S/c1-10(2)11(3)19(17)9-8-18-13-6-4-12(5-7-13)14(15)16/h4-7,10-11H,8-9H2,1-3H3,(H,15,16). The molecule has 19 heavy (non-hydrogen) atoms. The van der Waals surface area contributed by atoms with Crippen LogP contribution in [0.5, 0.6) is 5.75 Å². The maximum atomic E-state index is 11.9. The summed E-state index contributed by atoms with van der Waals surface area (Å²) in [6.07, 6.45) is 0. The second-order valence-corrected chi connectivity index (χ2v) is 6.63. The molecule has 0 aromatic heterocycles. The van der Waals surface area contributed by atoms with E-state index in [2.05, 4.69) is 0 Å². The maximum Gasteiger partial charge on any atom is 0.335 e. The van der Waals surface area contributed by atoms with Crippen molar-refractivity contribution in [1.29, 1.82) is 0 Å². The molecular formula is C14H20O4S. The summed E-state index contributed by atoms with van der Waals surface area (Å²) >= 11 is 0. The fraction of sp³-hybridized carbons (Fsp3) is 0.500. The van der Waals surface area contributed by atoms with Gasteiger partial charge in [-0.15, -0.1) is 0 Å². The monoisotopic (exact) mass is 284 g/mol. The Morgan fingerprint density at radius 3 is 2.32 bits per heavy atom. The van der Waals surface area contributed by atoms with Crippen LogP contribution in [0.3, 0.4) is 0 Å². The van der Waals surface area contributed by atoms with Crippen molar-refractivity contribution in [3.63, 3.8) is 0 Å². The molecule has 0 amide bonds. The lowest BCUT2D eigenvalue weighted by atomic mass is 10.2. The summed E-state index contributed by atoms with van der Waals surface area (Å²) in [4.78, 5) is 10.7. The van der Waals surface area contributed by atoms with Gasteiger partial charge >= 0.3 is 5.97 Å². The van der Waals surface area contributed by atoms with Gasteiger partial charge in [0.25, 0.3) is 0 Å². The summed E-state index contributed by atoms with van der Waals surface area (Å²) in [6, 6.07) is 6.20. The molecule has 5 heteroatoms. The van der Waals surface area contributed by atoms with Crippen LogP contribution in [0.4, 0.5) is 0 Å². The molecular weight excluding hydrogens is 264 g/mol. The summed E-state index contributed by atoms with van der Waals surface area (Å²) in [6.45, 7) is 6.45. The van der Waals surface area contributed by atoms with Gasteiger partial charge in [-0.3, -0.25) is 4.21 Å². The number of rotatable bonds is 7. The molecule has 1 rings (SSSR count). The highest BCUT2D eigenvalue weighted by molar-refractivity contribution is 7.85. The molecule has 2 atom stereocenters. The minimum absolute atomic E-state index is 0.151. The van der Waals surface area contributed by atoms with Gasteiger partial charge in [0.05, 0.1) is 17.9 Å². The van der Waals surface area contributed by atoms with E-state index in [9.17, 15) is 9.00 Å². The molecule has 0 spiro atoms. The van der Waals surface area contributed by atoms with Gasteiger partial charge in [0.15, 0.2) is 0 Å². The molecule has 0 aliphatic carbocycles. The molecule has 0 radical (unpaired) electrons. The third kappa shape index (κ3) is 5.03. The highest BCUT2D eigenvalue weighted by atomic mass is 32.2. The van der Waals surface area contributed by atoms with Gasteiger partial charge in [0, 0.05) is 16.0 Å². The summed E-state index contributed by atoms with van der Waals surface area (Å²) in [7, 11) is -0.899. The first-order valence-electron chi connectivity index (χ1n) is 6.25. The normalized spacial score (nSPS) is 14.1. The van der Waals surface area contributed by atoms with E-state index in [0.29, 0.717) is 24.0 Å². The SMILES string of the molecule is CC(C)C(C)S(=O)CCOc1ccc(C(=O)O)cc1. The number of carboxylic acid groups (broad SMARTS) is 1. The van der Waals surface area contributed by atoms with Crippen molar-refractivity contribution < 1.29 is 18.8 Å². The Morgan fingerprint density at radius 2 is 1.84 bits per heavy atom. The number of carbonyl (C=O) groups is 1. The lowest BCUT2D eigenvalue weighted by molar-refractivity contribution is 0.0697. The van der Waals surface area contributed by atoms with Crippen LogP contribution in [0.2, 0.25) is 0 Å². The lowest BCUT2D eigenvalue weighted by Crippen LogP contribution is -2.22. The third-order valence-corrected chi connectivity index (χ3v) is 4.95. The van der Waals surface area contributed by atoms with Gasteiger partial charge in [-0.1, -0.05) is 20.8 Å². The molecule has 0 bridgehead atoms. The third-order valence-electron chi connectivity index (χ3n) is 3.01. The molecule has 0 saturated heterocycles. The molecule has 0 heterocycles. The van der Waals surface area contributed by atoms with Crippen LogP contribution in [0.25, 0.3) is 0 Å². The highest BCUT2D eigenvalue weighted by Crippen LogP contribution is 2.13. The van der Waals surface area contributed by atoms with E-state index in [0.717, 1.165) is 0 Å². The second kappa shape index (κ2) is 7.28. The topological polar surface area (TPSA) is 63.6 Å². The Kier molecular flexibility index (Phi) is 6.02. The Labute approximate surface area is 116 Å². The van der Waals surface area contributed by atoms with Gasteiger partial charge in [-0.25, -0.2) is 4.79 Å². The largest absolute Gasteiger partial charge is 0.493 e. The summed E-state index contributed by atoms with van der Waals surface area (Å²) in [5, 5.41) is 8.91. The first kappa shape index (κ1) is 15.7. The van der Waals surface area contributed by atoms with Crippen molar-refractivity contribution >= 4 is 16.8 Å². The molecule has 0 saturated carbocycles. The van der Waals surface area contributed by atoms with Crippen LogP contribution in [0.15, 0.2) is 24.3 Å². The molecule has 0 aliphatic heterocycles. The van der Waals surface area contributed by atoms with E-state index in [-0.39, 0.29) is 10.8 Å². The number of carboxylic acids is 1. The zero-order valence-electron chi connectivity index (χ0n) is 11.5. The van der Waals surface area contributed by atoms with Gasteiger partial charge in [-0.2, -0.15) is 0 Å². The number of hydrogen-bond donors (Lipinski definition) is 1. The van der Waals surface area contributed by atoms with Gasteiger partial charge < -0.3 is 9.84 Å². The van der Waals surface area contributed by atoms with E-state index < -0.39 is 16.8 Å². The first-order chi connectivity index (χ1) is 8.91. The van der Waals surface area contributed by atoms with Crippen LogP contribution in [-0.4, -0.2) is 32.9 Å². The summed E-state index contributed by atoms with van der Waals surface area (Å²) in [5.41, 5.74) is 0.226. The van der Waals surface area contributed by atoms with E-state index in [1.54, 1.807) is 12.1 Å². The minimum atomic E-state index is -0.960. The Morgan fingerprint density at radius 1 is 1.26 bits per heavy atom. The molecule has 1 aromatic rings. The average molecular weight is 284 g/mol. The van der Waals surface area contributed by atoms with Crippen molar-refractivity contribution in [2.24, 2.45) is 5.92 Å². The fourth-order valence-corrected chi connectivity index (χ4v) is 2.65. The van der Waals surface area contributed by atoms with Crippen molar-refractivity contribution in [2.45, 2.75) is 26.0 Å². The average Bonchev–Trinajstić information content (AvgIpc) is 2.38. The van der Waals surface area contributed by atoms with Crippen LogP contribution in [-0.2, 0) is 10.8 Å². The Balaban J connectivity index is 2.41. The molecule has 2 unspecified atom stereocenters. The second-order valence-electron chi connectivity index (χ2n) is 4.71. The van der Waals surface area contributed by atoms with Crippen molar-refractivity contribution in [2.75, 3.05) is 12.4 Å². The number of benzene rings is 1. The minimum Gasteiger partial charge on any atom is -0.493 e. The highest BCUT2D eigenvalue weighted by Gasteiger charge is 2.14. The first-order valence-corrected chi connectivity index (χ1v) is 7.63. The molecule has 106 valence electrons. The molecule has 1 N–H and O–H groups in total. The number of aromatic carboxylic acids is 1. The smallest absolute Gasteiger partial charge is 0.335 e. The molecule has 0 aliphatic rings. The predicted molar refractivity (Wildman–Crippen MR) is 76.2 cm³/mol. The van der Waals surface area contributed by atoms with Gasteiger partial charge in [0.2, 0.25) is 0 Å². The Hall–Kier alpha value is -1.36. The Bertz CT molecular complexity index is 439. The summed E-state index contributed by atoms with van der Waals surface area (Å²) < 4.78 is 17.3. The van der Waals surface area contributed by atoms with E-state index in [1.165, 1.54) is 12.1 Å². The van der Waals surface area contributed by atoms with Gasteiger partial charge in [0.1, 0.15) is 5.75 Å². The number of ether oxygens (including phenoxy) is 1. The van der Waals surface area contributed by atoms with Gasteiger partial charge in [-0.05, 0) is 30.2 Å². The maximum absolute atomic E-state index is 11.9. The number of hydrogen-bond acceptors (Lipinski definition) is 3. The van der Waals surface area contributed by atoms with Crippen molar-refractivity contribution in [3.8, 4) is 5.75 Å². The van der Waals surface area contributed by atoms with E-state index in [1.807, 2.05) is 20.8 Å². The summed E-state index contributed by atoms with van der Waals surface area (Å²) in [5.74, 6) is 0.508. The molecule has 4 nitrogen and oxygen atoms in total. The molecule has 1 aromatic carbocycles. The zero-order valence-corrected chi connectivity index (χ0v) is 12.3. The van der Waals surface area contributed by atoms with Crippen LogP contribution in [0.1, 0.15) is 31.1 Å². The van der Waals surface area contributed by atoms with E-state index >= 15 is 0 Å². The lowest BCUT2D eigenvalue weighted by Gasteiger charge is -2.15. The molecule has 0 fully saturated rings. The fourth-order valence-electron chi connectivity index (χ4n) is 1.42. The van der Waals surface area contributed by atoms with Crippen molar-refractivity contribution in [1.82, 2.24) is 0 Å². The van der Waals surface area contributed by atoms with Crippen LogP contribution < -0.4 is 4.74 Å². The van der Waals surface area contributed by atoms with Crippen LogP contribution >= 0.6 is 0 Å². The van der Waals surface area contributed by atoms with Crippen molar-refractivity contribution in [3.05, 3.63) is 29.8 Å².